The summed E-state index contributed by atoms with van der Waals surface area (Å²) in [4.78, 5) is 0. The first kappa shape index (κ1) is 17.3. The predicted octanol–water partition coefficient (Wildman–Crippen LogP) is 6.80. The Hall–Kier alpha value is -2.08. The summed E-state index contributed by atoms with van der Waals surface area (Å²) in [5, 5.41) is 0. The highest BCUT2D eigenvalue weighted by molar-refractivity contribution is 5.72. The van der Waals surface area contributed by atoms with Gasteiger partial charge in [0.15, 0.2) is 0 Å². The van der Waals surface area contributed by atoms with E-state index in [0.29, 0.717) is 0 Å². The molecular formula is C23H28. The summed E-state index contributed by atoms with van der Waals surface area (Å²) in [6.45, 7) is 14.6. The van der Waals surface area contributed by atoms with Gasteiger partial charge in [0.2, 0.25) is 0 Å². The molecule has 0 heterocycles. The molecule has 0 heteroatoms. The smallest absolute Gasteiger partial charge is 0.00196 e. The first-order valence-corrected chi connectivity index (χ1v) is 8.54. The highest BCUT2D eigenvalue weighted by atomic mass is 14.2. The fraction of sp³-hybridized carbons (Fsp3) is 0.304. The Labute approximate surface area is 141 Å². The van der Waals surface area contributed by atoms with Crippen LogP contribution < -0.4 is 0 Å². The topological polar surface area (TPSA) is 0 Å². The van der Waals surface area contributed by atoms with E-state index in [9.17, 15) is 0 Å². The quantitative estimate of drug-likeness (QED) is 0.572. The molecule has 0 aromatic heterocycles. The maximum absolute atomic E-state index is 3.87. The van der Waals surface area contributed by atoms with Crippen LogP contribution in [0.25, 0.3) is 17.2 Å². The zero-order chi connectivity index (χ0) is 17.0. The second kappa shape index (κ2) is 7.00. The van der Waals surface area contributed by atoms with Crippen molar-refractivity contribution in [3.8, 4) is 11.1 Å². The van der Waals surface area contributed by atoms with E-state index in [4.69, 9.17) is 0 Å². The Balaban J connectivity index is 0.000000924. The van der Waals surface area contributed by atoms with Gasteiger partial charge in [0.1, 0.15) is 0 Å². The normalized spacial score (nSPS) is 12.8. The van der Waals surface area contributed by atoms with Gasteiger partial charge in [0.05, 0.1) is 0 Å². The summed E-state index contributed by atoms with van der Waals surface area (Å²) >= 11 is 0. The van der Waals surface area contributed by atoms with E-state index in [0.717, 1.165) is 6.42 Å². The first-order valence-electron chi connectivity index (χ1n) is 8.54. The molecule has 1 aliphatic rings. The lowest BCUT2D eigenvalue weighted by atomic mass is 9.86. The Morgan fingerprint density at radius 3 is 2.09 bits per heavy atom. The van der Waals surface area contributed by atoms with Crippen LogP contribution in [0.2, 0.25) is 0 Å². The van der Waals surface area contributed by atoms with E-state index in [1.807, 2.05) is 19.9 Å². The van der Waals surface area contributed by atoms with Crippen LogP contribution in [-0.4, -0.2) is 0 Å². The number of hydrogen-bond acceptors (Lipinski definition) is 0. The summed E-state index contributed by atoms with van der Waals surface area (Å²) < 4.78 is 0. The van der Waals surface area contributed by atoms with Crippen molar-refractivity contribution < 1.29 is 0 Å². The highest BCUT2D eigenvalue weighted by Gasteiger charge is 2.14. The molecule has 1 aliphatic carbocycles. The molecule has 0 spiro atoms. The van der Waals surface area contributed by atoms with Gasteiger partial charge in [-0.2, -0.15) is 0 Å². The molecule has 0 nitrogen and oxygen atoms in total. The van der Waals surface area contributed by atoms with Gasteiger partial charge in [0.25, 0.3) is 0 Å². The molecule has 2 aromatic rings. The number of benzene rings is 2. The zero-order valence-electron chi connectivity index (χ0n) is 15.1. The van der Waals surface area contributed by atoms with Gasteiger partial charge in [-0.15, -0.1) is 0 Å². The van der Waals surface area contributed by atoms with Crippen LogP contribution in [0, 0.1) is 0 Å². The molecule has 120 valence electrons. The molecule has 0 amide bonds. The van der Waals surface area contributed by atoms with Crippen molar-refractivity contribution in [1.82, 2.24) is 0 Å². The van der Waals surface area contributed by atoms with Crippen LogP contribution in [0.1, 0.15) is 51.3 Å². The molecule has 0 atom stereocenters. The van der Waals surface area contributed by atoms with Gasteiger partial charge in [-0.25, -0.2) is 0 Å². The SMILES string of the molecule is C=CC1=Cc2ccc(-c3ccc(C(C)(C)C)cc3)cc2C1.CC. The standard InChI is InChI=1S/C21H22.C2H6/c1-5-15-12-17-6-7-18(14-19(17)13-15)16-8-10-20(11-9-16)21(2,3)4;1-2/h5-12,14H,1,13H2,2-4H3;1-2H3. The van der Waals surface area contributed by atoms with Crippen molar-refractivity contribution in [3.05, 3.63) is 77.4 Å². The maximum atomic E-state index is 3.87. The molecule has 3 rings (SSSR count). The molecular weight excluding hydrogens is 276 g/mol. The molecule has 0 bridgehead atoms. The van der Waals surface area contributed by atoms with Gasteiger partial charge >= 0.3 is 0 Å². The Morgan fingerprint density at radius 2 is 1.52 bits per heavy atom. The van der Waals surface area contributed by atoms with Crippen LogP contribution in [0.15, 0.2) is 60.7 Å². The van der Waals surface area contributed by atoms with Gasteiger partial charge < -0.3 is 0 Å². The minimum Gasteiger partial charge on any atom is -0.0988 e. The van der Waals surface area contributed by atoms with Gasteiger partial charge in [-0.1, -0.05) is 95.8 Å². The van der Waals surface area contributed by atoms with Gasteiger partial charge in [0, 0.05) is 0 Å². The van der Waals surface area contributed by atoms with Gasteiger partial charge in [-0.05, 0) is 45.2 Å². The molecule has 0 unspecified atom stereocenters. The zero-order valence-corrected chi connectivity index (χ0v) is 15.1. The average Bonchev–Trinajstić information content (AvgIpc) is 2.98. The largest absolute Gasteiger partial charge is 0.0988 e. The molecule has 0 N–H and O–H groups in total. The third kappa shape index (κ3) is 3.82. The minimum atomic E-state index is 0.208. The van der Waals surface area contributed by atoms with Crippen LogP contribution in [-0.2, 0) is 11.8 Å². The van der Waals surface area contributed by atoms with E-state index >= 15 is 0 Å². The van der Waals surface area contributed by atoms with E-state index in [-0.39, 0.29) is 5.41 Å². The van der Waals surface area contributed by atoms with Crippen molar-refractivity contribution >= 4 is 6.08 Å². The van der Waals surface area contributed by atoms with Crippen molar-refractivity contribution in [1.29, 1.82) is 0 Å². The predicted molar refractivity (Wildman–Crippen MR) is 104 cm³/mol. The van der Waals surface area contributed by atoms with Crippen molar-refractivity contribution in [2.24, 2.45) is 0 Å². The summed E-state index contributed by atoms with van der Waals surface area (Å²) in [5.41, 5.74) is 8.22. The first-order chi connectivity index (χ1) is 11.0. The third-order valence-corrected chi connectivity index (χ3v) is 4.22. The van der Waals surface area contributed by atoms with Gasteiger partial charge in [-0.3, -0.25) is 0 Å². The molecule has 0 saturated carbocycles. The molecule has 23 heavy (non-hydrogen) atoms. The number of fused-ring (bicyclic) bond motifs is 1. The van der Waals surface area contributed by atoms with Crippen LogP contribution >= 0.6 is 0 Å². The van der Waals surface area contributed by atoms with E-state index in [2.05, 4.69) is 75.9 Å². The fourth-order valence-corrected chi connectivity index (χ4v) is 2.84. The molecule has 2 aromatic carbocycles. The lowest BCUT2D eigenvalue weighted by Gasteiger charge is -2.19. The Bertz CT molecular complexity index is 707. The van der Waals surface area contributed by atoms with Crippen molar-refractivity contribution in [2.75, 3.05) is 0 Å². The molecule has 0 aliphatic heterocycles. The molecule has 0 radical (unpaired) electrons. The lowest BCUT2D eigenvalue weighted by molar-refractivity contribution is 0.590. The Kier molecular flexibility index (Phi) is 5.26. The third-order valence-electron chi connectivity index (χ3n) is 4.22. The average molecular weight is 304 g/mol. The van der Waals surface area contributed by atoms with Crippen molar-refractivity contribution in [2.45, 2.75) is 46.5 Å². The lowest BCUT2D eigenvalue weighted by Crippen LogP contribution is -2.10. The second-order valence-electron chi connectivity index (χ2n) is 6.84. The Morgan fingerprint density at radius 1 is 0.913 bits per heavy atom. The fourth-order valence-electron chi connectivity index (χ4n) is 2.84. The van der Waals surface area contributed by atoms with E-state index in [1.165, 1.54) is 33.4 Å². The number of rotatable bonds is 2. The highest BCUT2D eigenvalue weighted by Crippen LogP contribution is 2.31. The summed E-state index contributed by atoms with van der Waals surface area (Å²) in [6.07, 6.45) is 5.19. The maximum Gasteiger partial charge on any atom is -0.00196 e. The van der Waals surface area contributed by atoms with Crippen LogP contribution in [0.5, 0.6) is 0 Å². The minimum absolute atomic E-state index is 0.208. The van der Waals surface area contributed by atoms with Crippen LogP contribution in [0.4, 0.5) is 0 Å². The van der Waals surface area contributed by atoms with Crippen molar-refractivity contribution in [3.63, 3.8) is 0 Å². The molecule has 0 saturated heterocycles. The van der Waals surface area contributed by atoms with E-state index < -0.39 is 0 Å². The van der Waals surface area contributed by atoms with E-state index in [1.54, 1.807) is 0 Å². The number of hydrogen-bond donors (Lipinski definition) is 0. The summed E-state index contributed by atoms with van der Waals surface area (Å²) in [7, 11) is 0. The summed E-state index contributed by atoms with van der Waals surface area (Å²) in [6, 6.07) is 15.7. The second-order valence-corrected chi connectivity index (χ2v) is 6.84. The molecule has 0 fully saturated rings. The summed E-state index contributed by atoms with van der Waals surface area (Å²) in [5.74, 6) is 0. The number of allylic oxidation sites excluding steroid dienone is 2. The monoisotopic (exact) mass is 304 g/mol. The van der Waals surface area contributed by atoms with Crippen LogP contribution in [0.3, 0.4) is 0 Å².